The maximum Gasteiger partial charge on any atom is 0.416 e. The molecule has 0 radical (unpaired) electrons. The first-order valence-corrected chi connectivity index (χ1v) is 16.9. The van der Waals surface area contributed by atoms with E-state index in [9.17, 15) is 73.7 Å². The third-order valence-corrected chi connectivity index (χ3v) is 10.5. The van der Waals surface area contributed by atoms with E-state index >= 15 is 0 Å². The Balaban J connectivity index is 1.42. The van der Waals surface area contributed by atoms with Gasteiger partial charge in [0.2, 0.25) is 0 Å². The molecule has 0 saturated heterocycles. The topological polar surface area (TPSA) is 95.2 Å². The molecule has 4 nitrogen and oxygen atoms in total. The summed E-state index contributed by atoms with van der Waals surface area (Å²) in [5.74, 6) is 0. The summed E-state index contributed by atoms with van der Waals surface area (Å²) in [6.07, 6.45) is -18.1. The van der Waals surface area contributed by atoms with E-state index in [1.54, 1.807) is 24.3 Å². The molecule has 0 N–H and O–H groups in total. The van der Waals surface area contributed by atoms with Gasteiger partial charge in [0.05, 0.1) is 22.3 Å². The molecule has 1 unspecified atom stereocenters. The monoisotopic (exact) mass is 818 g/mol. The number of benzene rings is 4. The van der Waals surface area contributed by atoms with Crippen LogP contribution in [0.4, 0.5) is 52.7 Å². The maximum absolute atomic E-state index is 13.9. The molecule has 0 aromatic heterocycles. The van der Waals surface area contributed by atoms with Gasteiger partial charge in [-0.05, 0) is 122 Å². The normalized spacial score (nSPS) is 17.0. The van der Waals surface area contributed by atoms with Gasteiger partial charge in [-0.3, -0.25) is 0 Å². The largest absolute Gasteiger partial charge is 0.416 e. The molecular formula is C43H18F12N4. The molecule has 0 aliphatic heterocycles. The summed E-state index contributed by atoms with van der Waals surface area (Å²) >= 11 is 0. The minimum Gasteiger partial charge on any atom is -0.192 e. The molecule has 0 amide bonds. The maximum atomic E-state index is 13.9. The first-order valence-electron chi connectivity index (χ1n) is 16.9. The number of fused-ring (bicyclic) bond motifs is 5. The number of halogens is 12. The van der Waals surface area contributed by atoms with Gasteiger partial charge >= 0.3 is 24.7 Å². The van der Waals surface area contributed by atoms with Crippen LogP contribution in [-0.4, -0.2) is 0 Å². The van der Waals surface area contributed by atoms with Crippen molar-refractivity contribution in [3.63, 3.8) is 0 Å². The van der Waals surface area contributed by atoms with E-state index in [0.29, 0.717) is 35.4 Å². The summed E-state index contributed by atoms with van der Waals surface area (Å²) in [5.41, 5.74) is -7.86. The quantitative estimate of drug-likeness (QED) is 0.131. The Morgan fingerprint density at radius 2 is 0.932 bits per heavy atom. The smallest absolute Gasteiger partial charge is 0.192 e. The van der Waals surface area contributed by atoms with Crippen LogP contribution in [0.15, 0.2) is 95.6 Å². The first-order chi connectivity index (χ1) is 27.4. The summed E-state index contributed by atoms with van der Waals surface area (Å²) in [7, 11) is 0. The van der Waals surface area contributed by atoms with E-state index < -0.39 is 69.1 Å². The zero-order valence-electron chi connectivity index (χ0n) is 29.5. The van der Waals surface area contributed by atoms with Gasteiger partial charge in [-0.15, -0.1) is 0 Å². The number of nitrogens with zero attached hydrogens (tertiary/aromatic N) is 4. The fourth-order valence-corrected chi connectivity index (χ4v) is 7.73. The highest BCUT2D eigenvalue weighted by molar-refractivity contribution is 6.12. The zero-order valence-corrected chi connectivity index (χ0v) is 29.5. The van der Waals surface area contributed by atoms with Crippen molar-refractivity contribution < 1.29 is 52.7 Å². The van der Waals surface area contributed by atoms with Crippen LogP contribution in [0.2, 0.25) is 0 Å². The van der Waals surface area contributed by atoms with E-state index in [-0.39, 0.29) is 74.2 Å². The standard InChI is InChI=1S/C43H18F12N4/c1-39(24-9-27(42(50,51)52)12-28(10-24)43(53,54)55)5-4-30-32-14-34-31(13-35(32)38(36(30)15-39)23(18-58)19-59)29-3-2-20(8-33(29)37(34)22(16-56)17-57)21-6-25(40(44,45)46)11-26(7-21)41(47,48)49/h2-14H,15H2,1H3. The number of hydrogen-bond donors (Lipinski definition) is 0. The highest BCUT2D eigenvalue weighted by Crippen LogP contribution is 2.57. The molecule has 0 fully saturated rings. The zero-order chi connectivity index (χ0) is 43.2. The van der Waals surface area contributed by atoms with Gasteiger partial charge in [0.15, 0.2) is 0 Å². The summed E-state index contributed by atoms with van der Waals surface area (Å²) in [5, 5.41) is 40.2. The molecule has 4 aromatic carbocycles. The molecule has 59 heavy (non-hydrogen) atoms. The van der Waals surface area contributed by atoms with Crippen LogP contribution in [-0.2, 0) is 30.1 Å². The predicted molar refractivity (Wildman–Crippen MR) is 187 cm³/mol. The van der Waals surface area contributed by atoms with Crippen molar-refractivity contribution in [1.82, 2.24) is 0 Å². The van der Waals surface area contributed by atoms with Gasteiger partial charge in [0.1, 0.15) is 35.4 Å². The summed E-state index contributed by atoms with van der Waals surface area (Å²) < 4.78 is 166. The molecule has 0 spiro atoms. The van der Waals surface area contributed by atoms with Crippen molar-refractivity contribution >= 4 is 16.7 Å². The van der Waals surface area contributed by atoms with Crippen molar-refractivity contribution in [3.05, 3.63) is 146 Å². The lowest BCUT2D eigenvalue weighted by atomic mass is 9.71. The van der Waals surface area contributed by atoms with E-state index in [4.69, 9.17) is 0 Å². The highest BCUT2D eigenvalue weighted by atomic mass is 19.4. The van der Waals surface area contributed by atoms with E-state index in [0.717, 1.165) is 0 Å². The molecule has 0 saturated carbocycles. The molecule has 0 bridgehead atoms. The van der Waals surface area contributed by atoms with Crippen LogP contribution in [0.5, 0.6) is 0 Å². The molecule has 294 valence electrons. The molecule has 0 heterocycles. The third kappa shape index (κ3) is 6.71. The van der Waals surface area contributed by atoms with E-state index in [1.165, 1.54) is 49.4 Å². The lowest BCUT2D eigenvalue weighted by Crippen LogP contribution is -2.24. The summed E-state index contributed by atoms with van der Waals surface area (Å²) in [6.45, 7) is 1.39. The molecule has 4 aromatic rings. The molecule has 3 aliphatic rings. The van der Waals surface area contributed by atoms with Crippen LogP contribution >= 0.6 is 0 Å². The SMILES string of the molecule is CC1(c2cc(C(F)(F)F)cc(C(F)(F)F)c2)C=CC2=C(C1)C(=C(C#N)C#N)c1cc3c(cc12)C(=C(C#N)C#N)c1cc(-c2cc(C(F)(F)F)cc(C(F)(F)F)c2)ccc1-3. The third-order valence-electron chi connectivity index (χ3n) is 10.5. The van der Waals surface area contributed by atoms with Crippen LogP contribution in [0, 0.1) is 45.3 Å². The van der Waals surface area contributed by atoms with Crippen molar-refractivity contribution in [2.24, 2.45) is 0 Å². The van der Waals surface area contributed by atoms with Gasteiger partial charge in [-0.1, -0.05) is 31.2 Å². The number of rotatable bonds is 2. The lowest BCUT2D eigenvalue weighted by molar-refractivity contribution is -0.144. The lowest BCUT2D eigenvalue weighted by Gasteiger charge is -2.32. The highest BCUT2D eigenvalue weighted by Gasteiger charge is 2.43. The number of nitriles is 4. The van der Waals surface area contributed by atoms with Crippen LogP contribution in [0.1, 0.15) is 63.4 Å². The number of hydrogen-bond acceptors (Lipinski definition) is 4. The Labute approximate surface area is 325 Å². The van der Waals surface area contributed by atoms with Crippen LogP contribution in [0.25, 0.3) is 39.0 Å². The average Bonchev–Trinajstić information content (AvgIpc) is 3.64. The van der Waals surface area contributed by atoms with Gasteiger partial charge in [-0.25, -0.2) is 0 Å². The predicted octanol–water partition coefficient (Wildman–Crippen LogP) is 12.7. The van der Waals surface area contributed by atoms with Crippen molar-refractivity contribution in [1.29, 1.82) is 21.0 Å². The minimum atomic E-state index is -5.15. The Kier molecular flexibility index (Phi) is 9.02. The number of allylic oxidation sites excluding steroid dienone is 7. The second-order valence-corrected chi connectivity index (χ2v) is 14.1. The van der Waals surface area contributed by atoms with Crippen LogP contribution in [0.3, 0.4) is 0 Å². The van der Waals surface area contributed by atoms with Gasteiger partial charge in [0.25, 0.3) is 0 Å². The van der Waals surface area contributed by atoms with E-state index in [2.05, 4.69) is 0 Å². The minimum absolute atomic E-state index is 0.00607. The Morgan fingerprint density at radius 3 is 1.42 bits per heavy atom. The first kappa shape index (κ1) is 40.2. The van der Waals surface area contributed by atoms with Crippen LogP contribution < -0.4 is 0 Å². The summed E-state index contributed by atoms with van der Waals surface area (Å²) in [4.78, 5) is 0. The van der Waals surface area contributed by atoms with Crippen molar-refractivity contribution in [2.45, 2.75) is 43.5 Å². The molecule has 3 aliphatic carbocycles. The molecule has 1 atom stereocenters. The summed E-state index contributed by atoms with van der Waals surface area (Å²) in [6, 6.07) is 16.1. The van der Waals surface area contributed by atoms with Crippen molar-refractivity contribution in [3.8, 4) is 46.5 Å². The average molecular weight is 819 g/mol. The Hall–Kier alpha value is -7.04. The van der Waals surface area contributed by atoms with E-state index in [1.807, 2.05) is 0 Å². The second-order valence-electron chi connectivity index (χ2n) is 14.1. The fraction of sp³-hybridized carbons (Fsp3) is 0.163. The second kappa shape index (κ2) is 13.3. The Bertz CT molecular complexity index is 2760. The Morgan fingerprint density at radius 1 is 0.492 bits per heavy atom. The molecule has 7 rings (SSSR count). The van der Waals surface area contributed by atoms with Crippen molar-refractivity contribution in [2.75, 3.05) is 0 Å². The number of alkyl halides is 12. The molecular weight excluding hydrogens is 800 g/mol. The van der Waals surface area contributed by atoms with Gasteiger partial charge in [-0.2, -0.15) is 73.7 Å². The molecule has 16 heteroatoms. The van der Waals surface area contributed by atoms with Gasteiger partial charge < -0.3 is 0 Å². The fourth-order valence-electron chi connectivity index (χ4n) is 7.73. The van der Waals surface area contributed by atoms with Gasteiger partial charge in [0, 0.05) is 16.6 Å².